The minimum Gasteiger partial charge on any atom is -0.356 e. The van der Waals surface area contributed by atoms with Gasteiger partial charge in [0, 0.05) is 13.0 Å². The highest BCUT2D eigenvalue weighted by Gasteiger charge is 2.16. The number of hydrogen-bond donors (Lipinski definition) is 1. The Balaban J connectivity index is 1.69. The van der Waals surface area contributed by atoms with Gasteiger partial charge in [0.2, 0.25) is 5.91 Å². The maximum absolute atomic E-state index is 12.9. The van der Waals surface area contributed by atoms with Gasteiger partial charge in [0.25, 0.3) is 0 Å². The van der Waals surface area contributed by atoms with E-state index in [1.54, 1.807) is 12.1 Å². The minimum absolute atomic E-state index is 0.0183. The Bertz CT molecular complexity index is 1110. The van der Waals surface area contributed by atoms with Crippen LogP contribution in [0.4, 0.5) is 0 Å². The standard InChI is InChI=1S/C26H31NO3S/c1-2-3-4-8-14-26(28)27-18-17-23-13-9-12-22-15-16-24(19-25(22)23)31(29,30)20-21-10-6-5-7-11-21/h5-7,9-13,15-16,19H,2-4,8,14,17-18,20H2,1H3,(H,27,28). The Morgan fingerprint density at radius 2 is 1.71 bits per heavy atom. The number of sulfone groups is 1. The number of rotatable bonds is 11. The van der Waals surface area contributed by atoms with Crippen molar-refractivity contribution in [1.29, 1.82) is 0 Å². The summed E-state index contributed by atoms with van der Waals surface area (Å²) in [7, 11) is -3.44. The number of carbonyl (C=O) groups is 1. The molecule has 31 heavy (non-hydrogen) atoms. The molecule has 0 aliphatic heterocycles. The molecule has 0 radical (unpaired) electrons. The number of unbranched alkanes of at least 4 members (excludes halogenated alkanes) is 3. The third-order valence-corrected chi connectivity index (χ3v) is 7.16. The molecule has 0 aliphatic rings. The lowest BCUT2D eigenvalue weighted by atomic mass is 10.0. The van der Waals surface area contributed by atoms with Crippen LogP contribution in [0.1, 0.15) is 50.2 Å². The van der Waals surface area contributed by atoms with Crippen molar-refractivity contribution >= 4 is 26.5 Å². The van der Waals surface area contributed by atoms with Crippen LogP contribution in [0, 0.1) is 0 Å². The van der Waals surface area contributed by atoms with Crippen LogP contribution in [0.5, 0.6) is 0 Å². The first-order chi connectivity index (χ1) is 15.0. The number of hydrogen-bond acceptors (Lipinski definition) is 3. The molecule has 1 N–H and O–H groups in total. The van der Waals surface area contributed by atoms with Crippen molar-refractivity contribution in [2.75, 3.05) is 6.54 Å². The fourth-order valence-electron chi connectivity index (χ4n) is 3.74. The molecule has 1 amide bonds. The molecular weight excluding hydrogens is 406 g/mol. The fraction of sp³-hybridized carbons (Fsp3) is 0.346. The highest BCUT2D eigenvalue weighted by atomic mass is 32.2. The van der Waals surface area contributed by atoms with Crippen LogP contribution >= 0.6 is 0 Å². The number of benzene rings is 3. The van der Waals surface area contributed by atoms with Crippen molar-refractivity contribution in [2.45, 2.75) is 56.1 Å². The molecule has 3 aromatic rings. The number of fused-ring (bicyclic) bond motifs is 1. The van der Waals surface area contributed by atoms with Gasteiger partial charge >= 0.3 is 0 Å². The Morgan fingerprint density at radius 1 is 0.903 bits per heavy atom. The average molecular weight is 438 g/mol. The molecule has 0 bridgehead atoms. The zero-order chi connectivity index (χ0) is 22.1. The molecule has 0 heterocycles. The quantitative estimate of drug-likeness (QED) is 0.406. The van der Waals surface area contributed by atoms with Gasteiger partial charge in [-0.05, 0) is 46.9 Å². The molecule has 0 atom stereocenters. The molecule has 3 aromatic carbocycles. The fourth-order valence-corrected chi connectivity index (χ4v) is 5.11. The first-order valence-electron chi connectivity index (χ1n) is 11.0. The number of amides is 1. The van der Waals surface area contributed by atoms with Crippen LogP contribution in [0.15, 0.2) is 71.6 Å². The molecule has 0 fully saturated rings. The number of nitrogens with one attached hydrogen (secondary N) is 1. The molecule has 3 rings (SSSR count). The summed E-state index contributed by atoms with van der Waals surface area (Å²) in [6, 6.07) is 20.5. The van der Waals surface area contributed by atoms with Crippen molar-refractivity contribution < 1.29 is 13.2 Å². The molecule has 0 saturated carbocycles. The molecule has 0 saturated heterocycles. The van der Waals surface area contributed by atoms with Crippen LogP contribution in [-0.2, 0) is 26.8 Å². The smallest absolute Gasteiger partial charge is 0.220 e. The second kappa shape index (κ2) is 11.1. The summed E-state index contributed by atoms with van der Waals surface area (Å²) in [5.74, 6) is 0.0674. The molecule has 0 aromatic heterocycles. The molecular formula is C26H31NO3S. The van der Waals surface area contributed by atoms with Crippen molar-refractivity contribution in [2.24, 2.45) is 0 Å². The van der Waals surface area contributed by atoms with Gasteiger partial charge in [-0.1, -0.05) is 80.8 Å². The molecule has 4 nitrogen and oxygen atoms in total. The zero-order valence-electron chi connectivity index (χ0n) is 18.1. The summed E-state index contributed by atoms with van der Waals surface area (Å²) in [5, 5.41) is 4.92. The van der Waals surface area contributed by atoms with Gasteiger partial charge in [-0.2, -0.15) is 0 Å². The second-order valence-corrected chi connectivity index (χ2v) is 9.94. The van der Waals surface area contributed by atoms with Gasteiger partial charge in [0.15, 0.2) is 9.84 Å². The van der Waals surface area contributed by atoms with E-state index >= 15 is 0 Å². The summed E-state index contributed by atoms with van der Waals surface area (Å²) < 4.78 is 25.9. The van der Waals surface area contributed by atoms with Crippen molar-refractivity contribution in [1.82, 2.24) is 5.32 Å². The van der Waals surface area contributed by atoms with E-state index in [2.05, 4.69) is 12.2 Å². The minimum atomic E-state index is -3.44. The predicted octanol–water partition coefficient (Wildman–Crippen LogP) is 5.44. The molecule has 5 heteroatoms. The van der Waals surface area contributed by atoms with Crippen LogP contribution in [0.2, 0.25) is 0 Å². The van der Waals surface area contributed by atoms with E-state index in [4.69, 9.17) is 0 Å². The van der Waals surface area contributed by atoms with E-state index in [-0.39, 0.29) is 11.7 Å². The third kappa shape index (κ3) is 6.66. The topological polar surface area (TPSA) is 63.2 Å². The molecule has 0 spiro atoms. The number of carbonyl (C=O) groups excluding carboxylic acids is 1. The van der Waals surface area contributed by atoms with Crippen molar-refractivity contribution in [3.05, 3.63) is 77.9 Å². The van der Waals surface area contributed by atoms with E-state index in [1.165, 1.54) is 6.42 Å². The van der Waals surface area contributed by atoms with E-state index in [0.29, 0.717) is 24.3 Å². The Kier molecular flexibility index (Phi) is 8.24. The van der Waals surface area contributed by atoms with E-state index < -0.39 is 9.84 Å². The van der Waals surface area contributed by atoms with Gasteiger partial charge in [-0.3, -0.25) is 4.79 Å². The van der Waals surface area contributed by atoms with Crippen LogP contribution in [-0.4, -0.2) is 20.9 Å². The van der Waals surface area contributed by atoms with Gasteiger partial charge in [0.1, 0.15) is 0 Å². The van der Waals surface area contributed by atoms with Crippen LogP contribution in [0.3, 0.4) is 0 Å². The summed E-state index contributed by atoms with van der Waals surface area (Å²) in [4.78, 5) is 12.4. The normalized spacial score (nSPS) is 11.5. The zero-order valence-corrected chi connectivity index (χ0v) is 19.0. The van der Waals surface area contributed by atoms with Crippen molar-refractivity contribution in [3.63, 3.8) is 0 Å². The maximum Gasteiger partial charge on any atom is 0.220 e. The Hall–Kier alpha value is -2.66. The molecule has 164 valence electrons. The summed E-state index contributed by atoms with van der Waals surface area (Å²) >= 11 is 0. The summed E-state index contributed by atoms with van der Waals surface area (Å²) in [6.45, 7) is 2.70. The Morgan fingerprint density at radius 3 is 2.48 bits per heavy atom. The van der Waals surface area contributed by atoms with Gasteiger partial charge in [-0.15, -0.1) is 0 Å². The lowest BCUT2D eigenvalue weighted by Crippen LogP contribution is -2.25. The van der Waals surface area contributed by atoms with Gasteiger partial charge < -0.3 is 5.32 Å². The summed E-state index contributed by atoms with van der Waals surface area (Å²) in [6.07, 6.45) is 5.58. The lowest BCUT2D eigenvalue weighted by molar-refractivity contribution is -0.121. The Labute approximate surface area is 185 Å². The van der Waals surface area contributed by atoms with E-state index in [0.717, 1.165) is 41.2 Å². The highest BCUT2D eigenvalue weighted by Crippen LogP contribution is 2.25. The van der Waals surface area contributed by atoms with E-state index in [1.807, 2.05) is 54.6 Å². The largest absolute Gasteiger partial charge is 0.356 e. The first kappa shape index (κ1) is 23.0. The average Bonchev–Trinajstić information content (AvgIpc) is 2.77. The third-order valence-electron chi connectivity index (χ3n) is 5.48. The molecule has 0 aliphatic carbocycles. The summed E-state index contributed by atoms with van der Waals surface area (Å²) in [5.41, 5.74) is 1.82. The van der Waals surface area contributed by atoms with Crippen LogP contribution in [0.25, 0.3) is 10.8 Å². The second-order valence-electron chi connectivity index (χ2n) is 7.96. The SMILES string of the molecule is CCCCCCC(=O)NCCc1cccc2ccc(S(=O)(=O)Cc3ccccc3)cc12. The molecule has 0 unspecified atom stereocenters. The lowest BCUT2D eigenvalue weighted by Gasteiger charge is -2.11. The monoisotopic (exact) mass is 437 g/mol. The maximum atomic E-state index is 12.9. The van der Waals surface area contributed by atoms with Gasteiger partial charge in [0.05, 0.1) is 10.6 Å². The highest BCUT2D eigenvalue weighted by molar-refractivity contribution is 7.90. The van der Waals surface area contributed by atoms with E-state index in [9.17, 15) is 13.2 Å². The first-order valence-corrected chi connectivity index (χ1v) is 12.7. The van der Waals surface area contributed by atoms with Crippen LogP contribution < -0.4 is 5.32 Å². The predicted molar refractivity (Wildman–Crippen MR) is 127 cm³/mol. The van der Waals surface area contributed by atoms with Gasteiger partial charge in [-0.25, -0.2) is 8.42 Å². The van der Waals surface area contributed by atoms with Crippen molar-refractivity contribution in [3.8, 4) is 0 Å².